The van der Waals surface area contributed by atoms with Crippen LogP contribution in [0.5, 0.6) is 0 Å². The van der Waals surface area contributed by atoms with Crippen LogP contribution in [-0.4, -0.2) is 77.9 Å². The largest absolute Gasteiger partial charge is 0.369 e. The molecule has 0 aromatic heterocycles. The van der Waals surface area contributed by atoms with Crippen LogP contribution in [0.4, 0.5) is 0 Å². The van der Waals surface area contributed by atoms with Gasteiger partial charge in [0.1, 0.15) is 12.6 Å². The summed E-state index contributed by atoms with van der Waals surface area (Å²) in [6.45, 7) is 2.81. The van der Waals surface area contributed by atoms with Crippen molar-refractivity contribution in [2.45, 2.75) is 25.4 Å². The Morgan fingerprint density at radius 2 is 1.59 bits per heavy atom. The molecule has 0 spiro atoms. The van der Waals surface area contributed by atoms with Crippen LogP contribution in [0.25, 0.3) is 0 Å². The van der Waals surface area contributed by atoms with Gasteiger partial charge in [0.2, 0.25) is 17.7 Å². The Morgan fingerprint density at radius 1 is 0.963 bits per heavy atom. The third-order valence-corrected chi connectivity index (χ3v) is 5.51. The molecule has 3 fully saturated rings. The summed E-state index contributed by atoms with van der Waals surface area (Å²) in [6, 6.07) is 9.08. The first-order valence-corrected chi connectivity index (χ1v) is 9.62. The minimum atomic E-state index is -0.600. The molecule has 7 heteroatoms. The van der Waals surface area contributed by atoms with Crippen LogP contribution in [0, 0.1) is 5.92 Å². The summed E-state index contributed by atoms with van der Waals surface area (Å²) in [5.41, 5.74) is 0.991. The molecule has 7 nitrogen and oxygen atoms in total. The fourth-order valence-electron chi connectivity index (χ4n) is 3.73. The van der Waals surface area contributed by atoms with Crippen molar-refractivity contribution in [1.29, 1.82) is 0 Å². The first-order chi connectivity index (χ1) is 13.1. The van der Waals surface area contributed by atoms with Crippen LogP contribution in [0.15, 0.2) is 30.3 Å². The van der Waals surface area contributed by atoms with Crippen molar-refractivity contribution < 1.29 is 19.1 Å². The SMILES string of the molecule is O=C(C1CC1)N1CCN(C(=O)C2COCC(=O)N2Cc2ccccc2)CC1. The number of amides is 3. The maximum atomic E-state index is 13.1. The Morgan fingerprint density at radius 3 is 2.22 bits per heavy atom. The van der Waals surface area contributed by atoms with Gasteiger partial charge in [0.05, 0.1) is 6.61 Å². The smallest absolute Gasteiger partial charge is 0.249 e. The standard InChI is InChI=1S/C20H25N3O4/c24-18-14-27-13-17(23(18)12-15-4-2-1-3-5-15)20(26)22-10-8-21(9-11-22)19(25)16-6-7-16/h1-5,16-17H,6-14H2. The molecule has 0 N–H and O–H groups in total. The summed E-state index contributed by atoms with van der Waals surface area (Å²) in [4.78, 5) is 42.9. The summed E-state index contributed by atoms with van der Waals surface area (Å²) in [5.74, 6) is 0.186. The number of benzene rings is 1. The van der Waals surface area contributed by atoms with E-state index in [-0.39, 0.29) is 36.9 Å². The van der Waals surface area contributed by atoms with Crippen molar-refractivity contribution in [1.82, 2.24) is 14.7 Å². The highest BCUT2D eigenvalue weighted by Gasteiger charge is 2.39. The lowest BCUT2D eigenvalue weighted by Crippen LogP contribution is -2.60. The quantitative estimate of drug-likeness (QED) is 0.773. The summed E-state index contributed by atoms with van der Waals surface area (Å²) in [6.07, 6.45) is 1.99. The van der Waals surface area contributed by atoms with Gasteiger partial charge in [-0.1, -0.05) is 30.3 Å². The number of carbonyl (C=O) groups excluding carboxylic acids is 3. The molecular weight excluding hydrogens is 346 g/mol. The predicted octanol–water partition coefficient (Wildman–Crippen LogP) is 0.495. The lowest BCUT2D eigenvalue weighted by atomic mass is 10.1. The van der Waals surface area contributed by atoms with E-state index in [9.17, 15) is 14.4 Å². The number of nitrogens with zero attached hydrogens (tertiary/aromatic N) is 3. The average Bonchev–Trinajstić information content (AvgIpc) is 3.55. The van der Waals surface area contributed by atoms with Gasteiger partial charge >= 0.3 is 0 Å². The second kappa shape index (κ2) is 7.68. The van der Waals surface area contributed by atoms with Crippen LogP contribution in [-0.2, 0) is 25.7 Å². The Labute approximate surface area is 158 Å². The van der Waals surface area contributed by atoms with E-state index in [0.29, 0.717) is 32.7 Å². The van der Waals surface area contributed by atoms with E-state index in [0.717, 1.165) is 18.4 Å². The minimum Gasteiger partial charge on any atom is -0.369 e. The highest BCUT2D eigenvalue weighted by atomic mass is 16.5. The molecule has 0 radical (unpaired) electrons. The zero-order valence-electron chi connectivity index (χ0n) is 15.4. The number of rotatable bonds is 4. The maximum Gasteiger partial charge on any atom is 0.249 e. The molecule has 2 saturated heterocycles. The van der Waals surface area contributed by atoms with Crippen molar-refractivity contribution in [2.75, 3.05) is 39.4 Å². The van der Waals surface area contributed by atoms with Gasteiger partial charge in [-0.3, -0.25) is 14.4 Å². The zero-order valence-corrected chi connectivity index (χ0v) is 15.4. The Balaban J connectivity index is 1.40. The molecule has 3 amide bonds. The Hall–Kier alpha value is -2.41. The fourth-order valence-corrected chi connectivity index (χ4v) is 3.73. The van der Waals surface area contributed by atoms with E-state index >= 15 is 0 Å². The third kappa shape index (κ3) is 3.98. The van der Waals surface area contributed by atoms with Crippen LogP contribution in [0.1, 0.15) is 18.4 Å². The lowest BCUT2D eigenvalue weighted by molar-refractivity contribution is -0.161. The van der Waals surface area contributed by atoms with E-state index < -0.39 is 6.04 Å². The number of hydrogen-bond acceptors (Lipinski definition) is 4. The summed E-state index contributed by atoms with van der Waals surface area (Å²) in [7, 11) is 0. The third-order valence-electron chi connectivity index (χ3n) is 5.51. The van der Waals surface area contributed by atoms with Crippen molar-refractivity contribution in [2.24, 2.45) is 5.92 Å². The van der Waals surface area contributed by atoms with Crippen molar-refractivity contribution in [3.63, 3.8) is 0 Å². The number of hydrogen-bond donors (Lipinski definition) is 0. The monoisotopic (exact) mass is 371 g/mol. The second-order valence-electron chi connectivity index (χ2n) is 7.46. The zero-order chi connectivity index (χ0) is 18.8. The molecule has 1 unspecified atom stereocenters. The first kappa shape index (κ1) is 18.0. The van der Waals surface area contributed by atoms with Gasteiger partial charge in [-0.25, -0.2) is 0 Å². The van der Waals surface area contributed by atoms with Gasteiger partial charge in [-0.05, 0) is 18.4 Å². The van der Waals surface area contributed by atoms with Crippen molar-refractivity contribution in [3.8, 4) is 0 Å². The van der Waals surface area contributed by atoms with E-state index in [1.165, 1.54) is 0 Å². The summed E-state index contributed by atoms with van der Waals surface area (Å²) in [5, 5.41) is 0. The average molecular weight is 371 g/mol. The molecule has 27 heavy (non-hydrogen) atoms. The molecular formula is C20H25N3O4. The fraction of sp³-hybridized carbons (Fsp3) is 0.550. The molecule has 1 aromatic rings. The van der Waals surface area contributed by atoms with Gasteiger partial charge in [0.25, 0.3) is 0 Å². The Kier molecular flexibility index (Phi) is 5.11. The topological polar surface area (TPSA) is 70.2 Å². The number of morpholine rings is 1. The molecule has 1 aromatic carbocycles. The molecule has 2 heterocycles. The molecule has 144 valence electrons. The van der Waals surface area contributed by atoms with Crippen molar-refractivity contribution >= 4 is 17.7 Å². The lowest BCUT2D eigenvalue weighted by Gasteiger charge is -2.40. The summed E-state index contributed by atoms with van der Waals surface area (Å²) < 4.78 is 5.37. The molecule has 1 saturated carbocycles. The van der Waals surface area contributed by atoms with Crippen LogP contribution in [0.2, 0.25) is 0 Å². The number of piperazine rings is 1. The highest BCUT2D eigenvalue weighted by molar-refractivity contribution is 5.89. The normalized spacial score (nSPS) is 23.5. The van der Waals surface area contributed by atoms with Gasteiger partial charge in [0, 0.05) is 38.6 Å². The predicted molar refractivity (Wildman–Crippen MR) is 97.5 cm³/mol. The van der Waals surface area contributed by atoms with Gasteiger partial charge in [-0.2, -0.15) is 0 Å². The van der Waals surface area contributed by atoms with Gasteiger partial charge in [-0.15, -0.1) is 0 Å². The number of ether oxygens (including phenoxy) is 1. The van der Waals surface area contributed by atoms with E-state index in [1.54, 1.807) is 9.80 Å². The molecule has 1 atom stereocenters. The van der Waals surface area contributed by atoms with Crippen LogP contribution in [0.3, 0.4) is 0 Å². The van der Waals surface area contributed by atoms with Crippen LogP contribution < -0.4 is 0 Å². The van der Waals surface area contributed by atoms with Gasteiger partial charge in [0.15, 0.2) is 0 Å². The highest BCUT2D eigenvalue weighted by Crippen LogP contribution is 2.31. The van der Waals surface area contributed by atoms with E-state index in [1.807, 2.05) is 35.2 Å². The molecule has 2 aliphatic heterocycles. The van der Waals surface area contributed by atoms with Crippen molar-refractivity contribution in [3.05, 3.63) is 35.9 Å². The first-order valence-electron chi connectivity index (χ1n) is 9.62. The molecule has 4 rings (SSSR count). The molecule has 0 bridgehead atoms. The maximum absolute atomic E-state index is 13.1. The Bertz CT molecular complexity index is 711. The van der Waals surface area contributed by atoms with Crippen LogP contribution >= 0.6 is 0 Å². The van der Waals surface area contributed by atoms with E-state index in [2.05, 4.69) is 0 Å². The van der Waals surface area contributed by atoms with Gasteiger partial charge < -0.3 is 19.4 Å². The molecule has 1 aliphatic carbocycles. The summed E-state index contributed by atoms with van der Waals surface area (Å²) >= 11 is 0. The minimum absolute atomic E-state index is 0.0142. The second-order valence-corrected chi connectivity index (χ2v) is 7.46. The number of carbonyl (C=O) groups is 3. The van der Waals surface area contributed by atoms with E-state index in [4.69, 9.17) is 4.74 Å². The molecule has 3 aliphatic rings.